The number of piperidine rings is 1. The lowest BCUT2D eigenvalue weighted by Crippen LogP contribution is -2.59. The fourth-order valence-electron chi connectivity index (χ4n) is 5.38. The Bertz CT molecular complexity index is 1440. The predicted octanol–water partition coefficient (Wildman–Crippen LogP) is 1.45. The summed E-state index contributed by atoms with van der Waals surface area (Å²) in [6.45, 7) is 0.107. The zero-order chi connectivity index (χ0) is 29.1. The highest BCUT2D eigenvalue weighted by Gasteiger charge is 2.38. The zero-order valence-electron chi connectivity index (χ0n) is 22.6. The number of sulfone groups is 1. The molecular formula is C28H32FN3O8S. The van der Waals surface area contributed by atoms with E-state index in [0.717, 1.165) is 0 Å². The minimum Gasteiger partial charge on any atom is -0.493 e. The largest absolute Gasteiger partial charge is 0.493 e. The van der Waals surface area contributed by atoms with Crippen molar-refractivity contribution in [3.8, 4) is 17.2 Å². The summed E-state index contributed by atoms with van der Waals surface area (Å²) in [6.07, 6.45) is 0.295. The van der Waals surface area contributed by atoms with Crippen LogP contribution in [0.1, 0.15) is 35.2 Å². The Balaban J connectivity index is 1.40. The maximum absolute atomic E-state index is 14.5. The Hall–Kier alpha value is -3.87. The molecule has 2 atom stereocenters. The number of nitrogens with one attached hydrogen (secondary N) is 2. The highest BCUT2D eigenvalue weighted by molar-refractivity contribution is 7.91. The van der Waals surface area contributed by atoms with Gasteiger partial charge in [-0.3, -0.25) is 14.4 Å². The minimum absolute atomic E-state index is 0.0203. The summed E-state index contributed by atoms with van der Waals surface area (Å²) in [6, 6.07) is 8.05. The van der Waals surface area contributed by atoms with Gasteiger partial charge >= 0.3 is 0 Å². The van der Waals surface area contributed by atoms with Gasteiger partial charge in [0, 0.05) is 43.6 Å². The van der Waals surface area contributed by atoms with Crippen LogP contribution in [0.5, 0.6) is 17.2 Å². The first-order chi connectivity index (χ1) is 19.6. The summed E-state index contributed by atoms with van der Waals surface area (Å²) >= 11 is 0. The van der Waals surface area contributed by atoms with E-state index in [2.05, 4.69) is 10.6 Å². The Morgan fingerprint density at radius 2 is 1.88 bits per heavy atom. The lowest BCUT2D eigenvalue weighted by molar-refractivity contribution is -0.139. The van der Waals surface area contributed by atoms with Crippen LogP contribution in [-0.4, -0.2) is 81.5 Å². The number of hydrogen-bond donors (Lipinski definition) is 2. The number of ether oxygens (including phenoxy) is 3. The number of likely N-dealkylation sites (tertiary alicyclic amines) is 1. The van der Waals surface area contributed by atoms with Crippen molar-refractivity contribution in [1.82, 2.24) is 15.5 Å². The highest BCUT2D eigenvalue weighted by atomic mass is 32.2. The Morgan fingerprint density at radius 1 is 1.10 bits per heavy atom. The molecule has 2 aromatic carbocycles. The van der Waals surface area contributed by atoms with Crippen molar-refractivity contribution in [2.75, 3.05) is 38.3 Å². The molecule has 0 unspecified atom stereocenters. The standard InChI is InChI=1S/C28H32FN3O8S/c1-38-24-3-2-19-12-25(24)39-16-26(33)31-22-15-32(28(35)18-5-8-41(36,37)9-6-18)7-4-23(22)40-21-11-17(10-20(29)13-21)14-30-27(19)34/h2-3,10-13,18,22-23H,4-9,14-16H2,1H3,(H,30,34)(H,31,33)/t22-,23+/m1/s1. The van der Waals surface area contributed by atoms with Crippen LogP contribution < -0.4 is 24.8 Å². The van der Waals surface area contributed by atoms with Gasteiger partial charge in [0.25, 0.3) is 11.8 Å². The fraction of sp³-hybridized carbons (Fsp3) is 0.464. The molecule has 2 N–H and O–H groups in total. The first kappa shape index (κ1) is 28.7. The predicted molar refractivity (Wildman–Crippen MR) is 145 cm³/mol. The van der Waals surface area contributed by atoms with Crippen LogP contribution in [0.2, 0.25) is 0 Å². The summed E-state index contributed by atoms with van der Waals surface area (Å²) in [7, 11) is -1.68. The van der Waals surface area contributed by atoms with E-state index in [1.807, 2.05) is 0 Å². The van der Waals surface area contributed by atoms with E-state index in [-0.39, 0.29) is 60.4 Å². The second-order valence-corrected chi connectivity index (χ2v) is 12.8. The molecule has 0 aromatic heterocycles. The second kappa shape index (κ2) is 11.9. The average molecular weight is 590 g/mol. The molecule has 2 saturated heterocycles. The molecule has 0 radical (unpaired) electrons. The van der Waals surface area contributed by atoms with Gasteiger partial charge in [0.1, 0.15) is 27.5 Å². The smallest absolute Gasteiger partial charge is 0.258 e. The molecule has 11 nitrogen and oxygen atoms in total. The number of carbonyl (C=O) groups is 3. The van der Waals surface area contributed by atoms with E-state index in [1.54, 1.807) is 23.1 Å². The Kier molecular flexibility index (Phi) is 8.34. The van der Waals surface area contributed by atoms with E-state index in [1.165, 1.54) is 25.3 Å². The van der Waals surface area contributed by atoms with Gasteiger partial charge in [0.05, 0.1) is 24.7 Å². The molecule has 3 aliphatic heterocycles. The maximum atomic E-state index is 14.5. The van der Waals surface area contributed by atoms with Crippen LogP contribution in [0.3, 0.4) is 0 Å². The minimum atomic E-state index is -3.12. The van der Waals surface area contributed by atoms with E-state index in [9.17, 15) is 27.2 Å². The molecule has 3 amide bonds. The number of hydrogen-bond acceptors (Lipinski definition) is 8. The Morgan fingerprint density at radius 3 is 2.63 bits per heavy atom. The number of benzene rings is 2. The number of nitrogens with zero attached hydrogens (tertiary/aromatic N) is 1. The molecule has 2 fully saturated rings. The van der Waals surface area contributed by atoms with Gasteiger partial charge in [0.15, 0.2) is 18.1 Å². The van der Waals surface area contributed by atoms with Crippen molar-refractivity contribution < 1.29 is 41.4 Å². The maximum Gasteiger partial charge on any atom is 0.258 e. The third kappa shape index (κ3) is 6.89. The van der Waals surface area contributed by atoms with E-state index < -0.39 is 52.1 Å². The van der Waals surface area contributed by atoms with Gasteiger partial charge in [0.2, 0.25) is 5.91 Å². The Labute approximate surface area is 237 Å². The molecule has 0 saturated carbocycles. The van der Waals surface area contributed by atoms with E-state index in [4.69, 9.17) is 14.2 Å². The number of carbonyl (C=O) groups excluding carboxylic acids is 3. The molecule has 41 heavy (non-hydrogen) atoms. The SMILES string of the molecule is COc1ccc2cc1OCC(=O)N[C@@H]1CN(C(=O)C3CCS(=O)(=O)CC3)CC[C@@H]1Oc1cc(F)cc(c1)CNC2=O. The number of rotatable bonds is 2. The highest BCUT2D eigenvalue weighted by Crippen LogP contribution is 2.29. The van der Waals surface area contributed by atoms with Crippen LogP contribution >= 0.6 is 0 Å². The molecule has 5 rings (SSSR count). The van der Waals surface area contributed by atoms with Crippen molar-refractivity contribution in [3.05, 3.63) is 53.3 Å². The molecule has 3 heterocycles. The topological polar surface area (TPSA) is 140 Å². The fourth-order valence-corrected chi connectivity index (χ4v) is 6.87. The summed E-state index contributed by atoms with van der Waals surface area (Å²) in [4.78, 5) is 40.7. The monoisotopic (exact) mass is 589 g/mol. The number of fused-ring (bicyclic) bond motifs is 5. The van der Waals surface area contributed by atoms with Gasteiger partial charge in [-0.05, 0) is 48.7 Å². The molecule has 2 aromatic rings. The van der Waals surface area contributed by atoms with Crippen LogP contribution in [0, 0.1) is 11.7 Å². The van der Waals surface area contributed by atoms with Crippen molar-refractivity contribution in [3.63, 3.8) is 0 Å². The van der Waals surface area contributed by atoms with Gasteiger partial charge in [-0.15, -0.1) is 0 Å². The van der Waals surface area contributed by atoms with Crippen molar-refractivity contribution in [2.24, 2.45) is 5.92 Å². The van der Waals surface area contributed by atoms with Crippen molar-refractivity contribution in [2.45, 2.75) is 38.0 Å². The first-order valence-electron chi connectivity index (χ1n) is 13.4. The third-order valence-corrected chi connectivity index (χ3v) is 9.28. The average Bonchev–Trinajstić information content (AvgIpc) is 2.94. The van der Waals surface area contributed by atoms with Crippen LogP contribution in [0.4, 0.5) is 4.39 Å². The molecule has 4 bridgehead atoms. The van der Waals surface area contributed by atoms with Gasteiger partial charge < -0.3 is 29.7 Å². The second-order valence-electron chi connectivity index (χ2n) is 10.5. The molecule has 220 valence electrons. The number of amides is 3. The third-order valence-electron chi connectivity index (χ3n) is 7.57. The number of methoxy groups -OCH3 is 1. The van der Waals surface area contributed by atoms with E-state index in [0.29, 0.717) is 24.3 Å². The van der Waals surface area contributed by atoms with Crippen molar-refractivity contribution >= 4 is 27.6 Å². The molecule has 0 aliphatic carbocycles. The van der Waals surface area contributed by atoms with Gasteiger partial charge in [-0.2, -0.15) is 0 Å². The molecule has 13 heteroatoms. The lowest BCUT2D eigenvalue weighted by atomic mass is 9.96. The van der Waals surface area contributed by atoms with Gasteiger partial charge in [-0.25, -0.2) is 12.8 Å². The summed E-state index contributed by atoms with van der Waals surface area (Å²) in [5.41, 5.74) is 0.740. The molecule has 0 spiro atoms. The lowest BCUT2D eigenvalue weighted by Gasteiger charge is -2.40. The van der Waals surface area contributed by atoms with Crippen LogP contribution in [-0.2, 0) is 26.0 Å². The quantitative estimate of drug-likeness (QED) is 0.537. The normalized spacial score (nSPS) is 23.2. The van der Waals surface area contributed by atoms with Gasteiger partial charge in [-0.1, -0.05) is 0 Å². The molecular weight excluding hydrogens is 557 g/mol. The summed E-state index contributed by atoms with van der Waals surface area (Å²) in [5, 5.41) is 5.63. The number of halogens is 1. The van der Waals surface area contributed by atoms with Crippen LogP contribution in [0.15, 0.2) is 36.4 Å². The van der Waals surface area contributed by atoms with E-state index >= 15 is 0 Å². The van der Waals surface area contributed by atoms with Crippen LogP contribution in [0.25, 0.3) is 0 Å². The van der Waals surface area contributed by atoms with Crippen molar-refractivity contribution in [1.29, 1.82) is 0 Å². The zero-order valence-corrected chi connectivity index (χ0v) is 23.4. The molecule has 3 aliphatic rings. The first-order valence-corrected chi connectivity index (χ1v) is 15.3. The summed E-state index contributed by atoms with van der Waals surface area (Å²) in [5.74, 6) is -1.31. The summed E-state index contributed by atoms with van der Waals surface area (Å²) < 4.78 is 55.4.